The third kappa shape index (κ3) is 4.30. The summed E-state index contributed by atoms with van der Waals surface area (Å²) in [5, 5.41) is 18.9. The van der Waals surface area contributed by atoms with Crippen molar-refractivity contribution >= 4 is 11.3 Å². The summed E-state index contributed by atoms with van der Waals surface area (Å²) < 4.78 is 8.11. The van der Waals surface area contributed by atoms with E-state index in [9.17, 15) is 5.11 Å². The van der Waals surface area contributed by atoms with Gasteiger partial charge in [-0.2, -0.15) is 0 Å². The van der Waals surface area contributed by atoms with E-state index in [4.69, 9.17) is 4.74 Å². The molecule has 0 radical (unpaired) electrons. The van der Waals surface area contributed by atoms with E-state index in [1.807, 2.05) is 29.7 Å². The van der Waals surface area contributed by atoms with Gasteiger partial charge >= 0.3 is 0 Å². The Balaban J connectivity index is 1.19. The predicted octanol–water partition coefficient (Wildman–Crippen LogP) is 3.09. The van der Waals surface area contributed by atoms with Gasteiger partial charge in [0, 0.05) is 60.0 Å². The molecule has 0 bridgehead atoms. The maximum atomic E-state index is 10.4. The second kappa shape index (κ2) is 8.78. The molecule has 0 saturated carbocycles. The molecule has 0 amide bonds. The first-order chi connectivity index (χ1) is 15.1. The fraction of sp³-hybridized carbons (Fsp3) is 0.522. The van der Waals surface area contributed by atoms with Crippen LogP contribution in [0.1, 0.15) is 52.4 Å². The molecular formula is C23H29N5O2S. The number of fused-ring (bicyclic) bond motifs is 2. The van der Waals surface area contributed by atoms with Gasteiger partial charge in [-0.25, -0.2) is 4.68 Å². The van der Waals surface area contributed by atoms with Crippen molar-refractivity contribution in [1.29, 1.82) is 0 Å². The van der Waals surface area contributed by atoms with Crippen molar-refractivity contribution in [3.63, 3.8) is 0 Å². The highest BCUT2D eigenvalue weighted by molar-refractivity contribution is 7.12. The van der Waals surface area contributed by atoms with Gasteiger partial charge < -0.3 is 9.84 Å². The SMILES string of the molecule is CCc1cc2c(s1)CCOC21CCN(Cc2cn(CC(O)c3cccnc3)nn2)CC1. The van der Waals surface area contributed by atoms with Crippen LogP contribution in [0, 0.1) is 0 Å². The normalized spacial score (nSPS) is 19.4. The number of hydrogen-bond acceptors (Lipinski definition) is 7. The van der Waals surface area contributed by atoms with E-state index in [0.29, 0.717) is 6.54 Å². The number of pyridine rings is 1. The second-order valence-corrected chi connectivity index (χ2v) is 9.73. The highest BCUT2D eigenvalue weighted by atomic mass is 32.1. The maximum absolute atomic E-state index is 10.4. The Morgan fingerprint density at radius 1 is 1.32 bits per heavy atom. The summed E-state index contributed by atoms with van der Waals surface area (Å²) in [4.78, 5) is 9.51. The lowest BCUT2D eigenvalue weighted by atomic mass is 9.82. The molecule has 1 fully saturated rings. The van der Waals surface area contributed by atoms with Crippen molar-refractivity contribution in [1.82, 2.24) is 24.9 Å². The first-order valence-electron chi connectivity index (χ1n) is 11.1. The van der Waals surface area contributed by atoms with E-state index in [2.05, 4.69) is 33.2 Å². The fourth-order valence-corrected chi connectivity index (χ4v) is 5.90. The van der Waals surface area contributed by atoms with Crippen LogP contribution in [0.5, 0.6) is 0 Å². The van der Waals surface area contributed by atoms with Crippen LogP contribution in [0.4, 0.5) is 0 Å². The molecule has 31 heavy (non-hydrogen) atoms. The van der Waals surface area contributed by atoms with E-state index in [1.54, 1.807) is 17.1 Å². The highest BCUT2D eigenvalue weighted by Gasteiger charge is 2.41. The summed E-state index contributed by atoms with van der Waals surface area (Å²) >= 11 is 1.97. The molecule has 1 N–H and O–H groups in total. The van der Waals surface area contributed by atoms with Crippen LogP contribution in [-0.2, 0) is 36.3 Å². The summed E-state index contributed by atoms with van der Waals surface area (Å²) in [6.07, 6.45) is 8.88. The summed E-state index contributed by atoms with van der Waals surface area (Å²) in [6, 6.07) is 6.09. The number of thiophene rings is 1. The lowest BCUT2D eigenvalue weighted by Crippen LogP contribution is -2.45. The third-order valence-corrected chi connectivity index (χ3v) is 7.81. The minimum atomic E-state index is -0.644. The fourth-order valence-electron chi connectivity index (χ4n) is 4.72. The lowest BCUT2D eigenvalue weighted by Gasteiger charge is -2.44. The van der Waals surface area contributed by atoms with Gasteiger partial charge in [0.15, 0.2) is 0 Å². The van der Waals surface area contributed by atoms with E-state index < -0.39 is 6.10 Å². The predicted molar refractivity (Wildman–Crippen MR) is 119 cm³/mol. The quantitative estimate of drug-likeness (QED) is 0.636. The molecule has 2 aliphatic rings. The first kappa shape index (κ1) is 20.8. The Bertz CT molecular complexity index is 1010. The summed E-state index contributed by atoms with van der Waals surface area (Å²) in [7, 11) is 0. The van der Waals surface area contributed by atoms with Gasteiger partial charge in [-0.1, -0.05) is 18.2 Å². The van der Waals surface area contributed by atoms with E-state index in [0.717, 1.165) is 63.2 Å². The molecule has 0 aromatic carbocycles. The van der Waals surface area contributed by atoms with Gasteiger partial charge in [0.1, 0.15) is 6.10 Å². The zero-order valence-electron chi connectivity index (χ0n) is 17.9. The molecule has 3 aromatic rings. The molecule has 7 nitrogen and oxygen atoms in total. The van der Waals surface area contributed by atoms with Crippen molar-refractivity contribution in [3.8, 4) is 0 Å². The number of aliphatic hydroxyl groups is 1. The first-order valence-corrected chi connectivity index (χ1v) is 11.9. The minimum Gasteiger partial charge on any atom is -0.386 e. The van der Waals surface area contributed by atoms with Crippen molar-refractivity contribution in [3.05, 3.63) is 63.4 Å². The Hall–Kier alpha value is -2.13. The zero-order chi connectivity index (χ0) is 21.3. The summed E-state index contributed by atoms with van der Waals surface area (Å²) in [5.41, 5.74) is 3.07. The Morgan fingerprint density at radius 2 is 2.19 bits per heavy atom. The molecule has 3 aromatic heterocycles. The maximum Gasteiger partial charge on any atom is 0.100 e. The smallest absolute Gasteiger partial charge is 0.100 e. The van der Waals surface area contributed by atoms with Crippen LogP contribution < -0.4 is 0 Å². The number of aromatic nitrogens is 4. The zero-order valence-corrected chi connectivity index (χ0v) is 18.7. The summed E-state index contributed by atoms with van der Waals surface area (Å²) in [5.74, 6) is 0. The number of aliphatic hydroxyl groups excluding tert-OH is 1. The van der Waals surface area contributed by atoms with Gasteiger partial charge in [-0.05, 0) is 37.0 Å². The Labute approximate surface area is 186 Å². The van der Waals surface area contributed by atoms with Crippen molar-refractivity contribution in [2.24, 2.45) is 0 Å². The van der Waals surface area contributed by atoms with Crippen molar-refractivity contribution in [2.75, 3.05) is 19.7 Å². The number of hydrogen-bond donors (Lipinski definition) is 1. The van der Waals surface area contributed by atoms with Gasteiger partial charge in [-0.15, -0.1) is 16.4 Å². The van der Waals surface area contributed by atoms with Crippen LogP contribution in [-0.4, -0.2) is 49.7 Å². The average Bonchev–Trinajstić information content (AvgIpc) is 3.43. The van der Waals surface area contributed by atoms with Crippen molar-refractivity contribution in [2.45, 2.75) is 57.4 Å². The largest absolute Gasteiger partial charge is 0.386 e. The third-order valence-electron chi connectivity index (χ3n) is 6.47. The van der Waals surface area contributed by atoms with Crippen LogP contribution in [0.15, 0.2) is 36.8 Å². The van der Waals surface area contributed by atoms with E-state index in [-0.39, 0.29) is 5.60 Å². The van der Waals surface area contributed by atoms with Gasteiger partial charge in [0.25, 0.3) is 0 Å². The summed E-state index contributed by atoms with van der Waals surface area (Å²) in [6.45, 7) is 6.19. The molecule has 2 aliphatic heterocycles. The molecular weight excluding hydrogens is 410 g/mol. The highest BCUT2D eigenvalue weighted by Crippen LogP contribution is 2.44. The lowest BCUT2D eigenvalue weighted by molar-refractivity contribution is -0.0982. The van der Waals surface area contributed by atoms with E-state index >= 15 is 0 Å². The number of nitrogens with zero attached hydrogens (tertiary/aromatic N) is 5. The number of rotatable bonds is 6. The minimum absolute atomic E-state index is 0.0978. The van der Waals surface area contributed by atoms with Gasteiger partial charge in [0.2, 0.25) is 0 Å². The molecule has 8 heteroatoms. The molecule has 1 atom stereocenters. The molecule has 5 rings (SSSR count). The topological polar surface area (TPSA) is 76.3 Å². The van der Waals surface area contributed by atoms with Gasteiger partial charge in [-0.3, -0.25) is 9.88 Å². The van der Waals surface area contributed by atoms with Crippen LogP contribution >= 0.6 is 11.3 Å². The number of aryl methyl sites for hydroxylation is 1. The van der Waals surface area contributed by atoms with Crippen LogP contribution in [0.2, 0.25) is 0 Å². The monoisotopic (exact) mass is 439 g/mol. The Morgan fingerprint density at radius 3 is 2.97 bits per heavy atom. The Kier molecular flexibility index (Phi) is 5.88. The molecule has 164 valence electrons. The number of likely N-dealkylation sites (tertiary alicyclic amines) is 1. The molecule has 1 spiro atoms. The number of piperidine rings is 1. The van der Waals surface area contributed by atoms with Crippen LogP contribution in [0.3, 0.4) is 0 Å². The van der Waals surface area contributed by atoms with Crippen molar-refractivity contribution < 1.29 is 9.84 Å². The molecule has 1 unspecified atom stereocenters. The second-order valence-electron chi connectivity index (χ2n) is 8.51. The molecule has 1 saturated heterocycles. The molecule has 0 aliphatic carbocycles. The average molecular weight is 440 g/mol. The van der Waals surface area contributed by atoms with E-state index in [1.165, 1.54) is 15.3 Å². The number of ether oxygens (including phenoxy) is 1. The molecule has 5 heterocycles. The standard InChI is InChI=1S/C23H29N5O2S/c1-2-19-12-20-22(31-19)5-11-30-23(20)6-9-27(10-7-23)14-18-15-28(26-25-18)16-21(29)17-4-3-8-24-13-17/h3-4,8,12-13,15,21,29H,2,5-7,9-11,14,16H2,1H3. The van der Waals surface area contributed by atoms with Crippen LogP contribution in [0.25, 0.3) is 0 Å². The van der Waals surface area contributed by atoms with Gasteiger partial charge in [0.05, 0.1) is 24.4 Å².